The highest BCUT2D eigenvalue weighted by molar-refractivity contribution is 6.05. The van der Waals surface area contributed by atoms with Crippen LogP contribution in [0.1, 0.15) is 22.4 Å². The monoisotopic (exact) mass is 251 g/mol. The molecule has 1 N–H and O–H groups in total. The SMILES string of the molecule is Cc1ccc2c(c1)CC1(C2)C(=O)Nc2nccnc21. The Labute approximate surface area is 110 Å². The highest BCUT2D eigenvalue weighted by Gasteiger charge is 2.52. The van der Waals surface area contributed by atoms with Gasteiger partial charge in [-0.15, -0.1) is 0 Å². The van der Waals surface area contributed by atoms with Crippen LogP contribution in [0.5, 0.6) is 0 Å². The van der Waals surface area contributed by atoms with Crippen molar-refractivity contribution >= 4 is 11.7 Å². The zero-order valence-corrected chi connectivity index (χ0v) is 10.6. The fourth-order valence-corrected chi connectivity index (χ4v) is 3.25. The summed E-state index contributed by atoms with van der Waals surface area (Å²) in [4.78, 5) is 21.0. The van der Waals surface area contributed by atoms with Crippen LogP contribution in [0.2, 0.25) is 0 Å². The quantitative estimate of drug-likeness (QED) is 0.776. The molecule has 2 aliphatic rings. The van der Waals surface area contributed by atoms with Gasteiger partial charge >= 0.3 is 0 Å². The zero-order chi connectivity index (χ0) is 13.0. The zero-order valence-electron chi connectivity index (χ0n) is 10.6. The lowest BCUT2D eigenvalue weighted by Gasteiger charge is -2.18. The number of carbonyl (C=O) groups excluding carboxylic acids is 1. The predicted octanol–water partition coefficient (Wildman–Crippen LogP) is 1.77. The molecule has 1 unspecified atom stereocenters. The van der Waals surface area contributed by atoms with Gasteiger partial charge in [-0.1, -0.05) is 23.8 Å². The van der Waals surface area contributed by atoms with Crippen LogP contribution < -0.4 is 5.32 Å². The van der Waals surface area contributed by atoms with Gasteiger partial charge in [0.1, 0.15) is 5.41 Å². The summed E-state index contributed by atoms with van der Waals surface area (Å²) >= 11 is 0. The molecule has 1 aromatic carbocycles. The Morgan fingerprint density at radius 3 is 2.84 bits per heavy atom. The van der Waals surface area contributed by atoms with E-state index in [9.17, 15) is 4.79 Å². The fraction of sp³-hybridized carbons (Fsp3) is 0.267. The van der Waals surface area contributed by atoms with Crippen LogP contribution in [-0.2, 0) is 23.1 Å². The minimum absolute atomic E-state index is 0.0301. The molecule has 1 atom stereocenters. The van der Waals surface area contributed by atoms with Gasteiger partial charge in [0.15, 0.2) is 5.82 Å². The van der Waals surface area contributed by atoms with Crippen LogP contribution in [0, 0.1) is 6.92 Å². The van der Waals surface area contributed by atoms with Gasteiger partial charge < -0.3 is 5.32 Å². The van der Waals surface area contributed by atoms with Gasteiger partial charge in [-0.3, -0.25) is 9.78 Å². The van der Waals surface area contributed by atoms with Gasteiger partial charge in [-0.05, 0) is 30.9 Å². The third-order valence-electron chi connectivity index (χ3n) is 4.16. The first-order valence-electron chi connectivity index (χ1n) is 6.40. The Hall–Kier alpha value is -2.23. The topological polar surface area (TPSA) is 54.9 Å². The fourth-order valence-electron chi connectivity index (χ4n) is 3.25. The van der Waals surface area contributed by atoms with E-state index in [0.29, 0.717) is 5.82 Å². The molecule has 1 aliphatic heterocycles. The number of hydrogen-bond acceptors (Lipinski definition) is 3. The van der Waals surface area contributed by atoms with Crippen LogP contribution in [-0.4, -0.2) is 15.9 Å². The van der Waals surface area contributed by atoms with E-state index in [1.807, 2.05) is 0 Å². The second-order valence-electron chi connectivity index (χ2n) is 5.42. The van der Waals surface area contributed by atoms with Crippen molar-refractivity contribution in [1.29, 1.82) is 0 Å². The van der Waals surface area contributed by atoms with Crippen LogP contribution in [0.25, 0.3) is 0 Å². The van der Waals surface area contributed by atoms with Gasteiger partial charge in [-0.2, -0.15) is 0 Å². The average molecular weight is 251 g/mol. The van der Waals surface area contributed by atoms with E-state index in [4.69, 9.17) is 0 Å². The summed E-state index contributed by atoms with van der Waals surface area (Å²) in [5.41, 5.74) is 4.00. The van der Waals surface area contributed by atoms with E-state index in [2.05, 4.69) is 40.4 Å². The molecule has 4 nitrogen and oxygen atoms in total. The minimum atomic E-state index is -0.542. The molecular weight excluding hydrogens is 238 g/mol. The molecule has 2 heterocycles. The van der Waals surface area contributed by atoms with Crippen LogP contribution in [0.4, 0.5) is 5.82 Å². The molecule has 0 fully saturated rings. The van der Waals surface area contributed by atoms with Crippen molar-refractivity contribution in [3.63, 3.8) is 0 Å². The Bertz CT molecular complexity index is 710. The van der Waals surface area contributed by atoms with E-state index < -0.39 is 5.41 Å². The van der Waals surface area contributed by atoms with Gasteiger partial charge in [0.2, 0.25) is 5.91 Å². The van der Waals surface area contributed by atoms with Crippen molar-refractivity contribution in [3.8, 4) is 0 Å². The molecule has 0 radical (unpaired) electrons. The predicted molar refractivity (Wildman–Crippen MR) is 70.9 cm³/mol. The average Bonchev–Trinajstić information content (AvgIpc) is 2.90. The largest absolute Gasteiger partial charge is 0.308 e. The van der Waals surface area contributed by atoms with Crippen molar-refractivity contribution in [2.75, 3.05) is 5.32 Å². The second-order valence-corrected chi connectivity index (χ2v) is 5.42. The van der Waals surface area contributed by atoms with Gasteiger partial charge in [0, 0.05) is 12.4 Å². The molecule has 4 rings (SSSR count). The molecule has 4 heteroatoms. The summed E-state index contributed by atoms with van der Waals surface area (Å²) in [6.07, 6.45) is 4.72. The van der Waals surface area contributed by atoms with Gasteiger partial charge in [-0.25, -0.2) is 4.98 Å². The van der Waals surface area contributed by atoms with E-state index in [0.717, 1.165) is 18.5 Å². The lowest BCUT2D eigenvalue weighted by atomic mass is 9.82. The first kappa shape index (κ1) is 10.7. The second kappa shape index (κ2) is 3.41. The molecule has 0 bridgehead atoms. The van der Waals surface area contributed by atoms with Crippen molar-refractivity contribution in [2.45, 2.75) is 25.2 Å². The first-order chi connectivity index (χ1) is 9.19. The van der Waals surface area contributed by atoms with Crippen molar-refractivity contribution in [2.24, 2.45) is 0 Å². The molecule has 0 saturated heterocycles. The molecule has 19 heavy (non-hydrogen) atoms. The number of benzene rings is 1. The Kier molecular flexibility index (Phi) is 1.91. The van der Waals surface area contributed by atoms with Crippen LogP contribution in [0.15, 0.2) is 30.6 Å². The summed E-state index contributed by atoms with van der Waals surface area (Å²) in [5.74, 6) is 0.652. The molecule has 0 saturated carbocycles. The highest BCUT2D eigenvalue weighted by atomic mass is 16.2. The van der Waals surface area contributed by atoms with E-state index in [1.54, 1.807) is 12.4 Å². The van der Waals surface area contributed by atoms with E-state index in [1.165, 1.54) is 16.7 Å². The molecule has 1 aromatic heterocycles. The maximum absolute atomic E-state index is 12.4. The van der Waals surface area contributed by atoms with Gasteiger partial charge in [0.25, 0.3) is 0 Å². The first-order valence-corrected chi connectivity index (χ1v) is 6.40. The third kappa shape index (κ3) is 1.31. The Morgan fingerprint density at radius 2 is 1.95 bits per heavy atom. The number of carbonyl (C=O) groups is 1. The number of hydrogen-bond donors (Lipinski definition) is 1. The van der Waals surface area contributed by atoms with Crippen molar-refractivity contribution in [3.05, 3.63) is 53.0 Å². The number of anilines is 1. The number of nitrogens with zero attached hydrogens (tertiary/aromatic N) is 2. The summed E-state index contributed by atoms with van der Waals surface area (Å²) in [7, 11) is 0. The third-order valence-corrected chi connectivity index (χ3v) is 4.16. The number of amides is 1. The maximum Gasteiger partial charge on any atom is 0.238 e. The number of aromatic nitrogens is 2. The Morgan fingerprint density at radius 1 is 1.16 bits per heavy atom. The summed E-state index contributed by atoms with van der Waals surface area (Å²) in [5, 5.41) is 2.87. The smallest absolute Gasteiger partial charge is 0.238 e. The van der Waals surface area contributed by atoms with Crippen molar-refractivity contribution < 1.29 is 4.79 Å². The lowest BCUT2D eigenvalue weighted by Crippen LogP contribution is -2.35. The molecule has 1 amide bonds. The highest BCUT2D eigenvalue weighted by Crippen LogP contribution is 2.45. The molecule has 1 spiro atoms. The summed E-state index contributed by atoms with van der Waals surface area (Å²) < 4.78 is 0. The normalized spacial score (nSPS) is 23.3. The van der Waals surface area contributed by atoms with Crippen LogP contribution in [0.3, 0.4) is 0 Å². The number of aryl methyl sites for hydroxylation is 1. The Balaban J connectivity index is 1.88. The number of rotatable bonds is 0. The lowest BCUT2D eigenvalue weighted by molar-refractivity contribution is -0.120. The summed E-state index contributed by atoms with van der Waals surface area (Å²) in [6, 6.07) is 6.40. The standard InChI is InChI=1S/C15H13N3O/c1-9-2-3-10-7-15(8-11(10)6-9)12-13(18-14(15)19)17-5-4-16-12/h2-6H,7-8H2,1H3,(H,17,18,19). The number of fused-ring (bicyclic) bond motifs is 3. The van der Waals surface area contributed by atoms with E-state index in [-0.39, 0.29) is 5.91 Å². The van der Waals surface area contributed by atoms with Crippen molar-refractivity contribution in [1.82, 2.24) is 9.97 Å². The maximum atomic E-state index is 12.4. The molecule has 2 aromatic rings. The molecular formula is C15H13N3O. The molecule has 94 valence electrons. The van der Waals surface area contributed by atoms with Gasteiger partial charge in [0.05, 0.1) is 5.69 Å². The number of nitrogens with one attached hydrogen (secondary N) is 1. The molecule has 1 aliphatic carbocycles. The summed E-state index contributed by atoms with van der Waals surface area (Å²) in [6.45, 7) is 2.08. The van der Waals surface area contributed by atoms with E-state index >= 15 is 0 Å². The van der Waals surface area contributed by atoms with Crippen LogP contribution >= 0.6 is 0 Å². The minimum Gasteiger partial charge on any atom is -0.308 e.